The van der Waals surface area contributed by atoms with Gasteiger partial charge in [0.15, 0.2) is 11.7 Å². The highest BCUT2D eigenvalue weighted by molar-refractivity contribution is 9.10. The number of aromatic nitrogens is 2. The van der Waals surface area contributed by atoms with Crippen LogP contribution in [0.25, 0.3) is 0 Å². The van der Waals surface area contributed by atoms with Crippen LogP contribution in [0.3, 0.4) is 0 Å². The van der Waals surface area contributed by atoms with E-state index in [2.05, 4.69) is 31.7 Å². The molecule has 3 aromatic rings. The molecule has 2 aromatic heterocycles. The molecule has 0 radical (unpaired) electrons. The van der Waals surface area contributed by atoms with Gasteiger partial charge in [-0.2, -0.15) is 18.3 Å². The minimum Gasteiger partial charge on any atom is -0.462 e. The van der Waals surface area contributed by atoms with Crippen molar-refractivity contribution >= 4 is 61.6 Å². The Bertz CT molecular complexity index is 1390. The minimum absolute atomic E-state index is 0.0885. The number of esters is 1. The van der Waals surface area contributed by atoms with Crippen molar-refractivity contribution in [1.82, 2.24) is 9.78 Å². The third-order valence-corrected chi connectivity index (χ3v) is 8.75. The fourth-order valence-electron chi connectivity index (χ4n) is 4.88. The first-order chi connectivity index (χ1) is 18.1. The fraction of sp³-hybridized carbons (Fsp3) is 0.400. The topological polar surface area (TPSA) is 85.2 Å². The van der Waals surface area contributed by atoms with Crippen LogP contribution in [0.2, 0.25) is 5.02 Å². The number of amides is 1. The van der Waals surface area contributed by atoms with E-state index in [1.807, 2.05) is 0 Å². The number of nitrogens with one attached hydrogen (secondary N) is 2. The van der Waals surface area contributed by atoms with Crippen molar-refractivity contribution in [3.63, 3.8) is 0 Å². The number of ether oxygens (including phenoxy) is 1. The van der Waals surface area contributed by atoms with E-state index < -0.39 is 30.1 Å². The van der Waals surface area contributed by atoms with Gasteiger partial charge in [-0.1, -0.05) is 39.7 Å². The summed E-state index contributed by atoms with van der Waals surface area (Å²) < 4.78 is 49.1. The zero-order valence-corrected chi connectivity index (χ0v) is 23.3. The molecular weight excluding hydrogens is 609 g/mol. The number of aryl methyl sites for hydroxylation is 1. The molecule has 38 heavy (non-hydrogen) atoms. The zero-order chi connectivity index (χ0) is 27.2. The highest BCUT2D eigenvalue weighted by Gasteiger charge is 2.48. The Morgan fingerprint density at radius 3 is 2.66 bits per heavy atom. The van der Waals surface area contributed by atoms with E-state index >= 15 is 0 Å². The number of benzene rings is 1. The maximum absolute atomic E-state index is 14.1. The Balaban J connectivity index is 1.49. The molecule has 3 heterocycles. The van der Waals surface area contributed by atoms with Gasteiger partial charge in [0.2, 0.25) is 0 Å². The molecule has 0 spiro atoms. The van der Waals surface area contributed by atoms with Gasteiger partial charge in [-0.05, 0) is 55.9 Å². The number of halogens is 5. The number of rotatable bonds is 5. The van der Waals surface area contributed by atoms with Gasteiger partial charge >= 0.3 is 12.1 Å². The van der Waals surface area contributed by atoms with E-state index in [0.29, 0.717) is 17.5 Å². The van der Waals surface area contributed by atoms with Crippen molar-refractivity contribution < 1.29 is 27.5 Å². The third-order valence-electron chi connectivity index (χ3n) is 6.66. The molecule has 2 atom stereocenters. The number of carbonyl (C=O) groups is 2. The minimum atomic E-state index is -4.63. The number of fused-ring (bicyclic) bond motifs is 2. The number of hydrogen-bond donors (Lipinski definition) is 2. The average Bonchev–Trinajstić information content (AvgIpc) is 3.40. The predicted octanol–water partition coefficient (Wildman–Crippen LogP) is 7.33. The summed E-state index contributed by atoms with van der Waals surface area (Å²) in [7, 11) is 0. The Kier molecular flexibility index (Phi) is 7.49. The SMILES string of the molecule is CCOC(=O)c1c(NC(=O)c2nn3c(c2Cl)N[C@@H](c2ccc(Br)cc2)C[C@@H]3C(F)(F)F)sc2c1CCCC2. The molecule has 13 heteroatoms. The number of carbonyl (C=O) groups excluding carboxylic acids is 2. The molecule has 5 rings (SSSR count). The summed E-state index contributed by atoms with van der Waals surface area (Å²) in [5.74, 6) is -1.44. The van der Waals surface area contributed by atoms with Gasteiger partial charge in [0.25, 0.3) is 5.91 Å². The van der Waals surface area contributed by atoms with Gasteiger partial charge in [0.05, 0.1) is 18.2 Å². The monoisotopic (exact) mass is 630 g/mol. The molecule has 0 unspecified atom stereocenters. The van der Waals surface area contributed by atoms with Crippen molar-refractivity contribution in [2.24, 2.45) is 0 Å². The lowest BCUT2D eigenvalue weighted by atomic mass is 9.95. The highest BCUT2D eigenvalue weighted by Crippen LogP contribution is 2.46. The molecule has 7 nitrogen and oxygen atoms in total. The molecule has 0 fully saturated rings. The maximum atomic E-state index is 14.1. The van der Waals surface area contributed by atoms with E-state index in [4.69, 9.17) is 16.3 Å². The van der Waals surface area contributed by atoms with Gasteiger partial charge in [0, 0.05) is 15.8 Å². The molecule has 202 valence electrons. The maximum Gasteiger partial charge on any atom is 0.410 e. The van der Waals surface area contributed by atoms with E-state index in [0.717, 1.165) is 38.9 Å². The standard InChI is InChI=1S/C25H23BrClF3N4O3S/c1-2-37-24(36)18-14-5-3-4-6-16(14)38-23(18)32-22(35)20-19(27)21-31-15(12-7-9-13(26)10-8-12)11-17(25(28,29)30)34(21)33-20/h7-10,15,17,31H,2-6,11H2,1H3,(H,32,35)/t15-,17-/m1/s1. The summed E-state index contributed by atoms with van der Waals surface area (Å²) in [4.78, 5) is 27.0. The van der Waals surface area contributed by atoms with Gasteiger partial charge in [-0.15, -0.1) is 11.3 Å². The number of anilines is 2. The molecule has 1 aliphatic heterocycles. The lowest BCUT2D eigenvalue weighted by Gasteiger charge is -2.33. The molecular formula is C25H23BrClF3N4O3S. The van der Waals surface area contributed by atoms with Gasteiger partial charge in [0.1, 0.15) is 15.8 Å². The van der Waals surface area contributed by atoms with Crippen LogP contribution in [-0.2, 0) is 17.6 Å². The molecule has 0 saturated heterocycles. The third kappa shape index (κ3) is 5.05. The van der Waals surface area contributed by atoms with E-state index in [1.165, 1.54) is 11.3 Å². The highest BCUT2D eigenvalue weighted by atomic mass is 79.9. The lowest BCUT2D eigenvalue weighted by molar-refractivity contribution is -0.173. The average molecular weight is 632 g/mol. The Hall–Kier alpha value is -2.57. The summed E-state index contributed by atoms with van der Waals surface area (Å²) in [5, 5.41) is 9.77. The summed E-state index contributed by atoms with van der Waals surface area (Å²) in [6.07, 6.45) is -1.63. The Morgan fingerprint density at radius 1 is 1.26 bits per heavy atom. The van der Waals surface area contributed by atoms with Gasteiger partial charge in [-0.3, -0.25) is 4.79 Å². The summed E-state index contributed by atoms with van der Waals surface area (Å²) in [5.41, 5.74) is 1.42. The van der Waals surface area contributed by atoms with Crippen LogP contribution >= 0.6 is 38.9 Å². The predicted molar refractivity (Wildman–Crippen MR) is 142 cm³/mol. The van der Waals surface area contributed by atoms with Crippen LogP contribution in [0, 0.1) is 0 Å². The van der Waals surface area contributed by atoms with Crippen molar-refractivity contribution in [1.29, 1.82) is 0 Å². The van der Waals surface area contributed by atoms with Crippen LogP contribution < -0.4 is 10.6 Å². The van der Waals surface area contributed by atoms with Crippen LogP contribution in [0.15, 0.2) is 28.7 Å². The first kappa shape index (κ1) is 27.0. The molecule has 1 amide bonds. The molecule has 1 aliphatic carbocycles. The quantitative estimate of drug-likeness (QED) is 0.288. The van der Waals surface area contributed by atoms with Crippen molar-refractivity contribution in [2.45, 2.75) is 57.3 Å². The number of alkyl halides is 3. The van der Waals surface area contributed by atoms with Crippen molar-refractivity contribution in [2.75, 3.05) is 17.2 Å². The first-order valence-corrected chi connectivity index (χ1v) is 14.1. The van der Waals surface area contributed by atoms with Crippen LogP contribution in [0.4, 0.5) is 24.0 Å². The Morgan fingerprint density at radius 2 is 1.97 bits per heavy atom. The smallest absolute Gasteiger partial charge is 0.410 e. The second-order valence-corrected chi connectivity index (χ2v) is 11.5. The van der Waals surface area contributed by atoms with Crippen LogP contribution in [0.5, 0.6) is 0 Å². The van der Waals surface area contributed by atoms with Gasteiger partial charge < -0.3 is 15.4 Å². The van der Waals surface area contributed by atoms with Crippen LogP contribution in [0.1, 0.15) is 75.1 Å². The summed E-state index contributed by atoms with van der Waals surface area (Å²) in [6, 6.07) is 4.24. The second-order valence-electron chi connectivity index (χ2n) is 9.09. The molecule has 0 bridgehead atoms. The second kappa shape index (κ2) is 10.5. The van der Waals surface area contributed by atoms with Gasteiger partial charge in [-0.25, -0.2) is 9.48 Å². The molecule has 2 N–H and O–H groups in total. The van der Waals surface area contributed by atoms with E-state index in [-0.39, 0.29) is 34.6 Å². The van der Waals surface area contributed by atoms with Crippen LogP contribution in [-0.4, -0.2) is 34.4 Å². The molecule has 2 aliphatic rings. The lowest BCUT2D eigenvalue weighted by Crippen LogP contribution is -2.35. The fourth-order valence-corrected chi connectivity index (χ4v) is 6.69. The van der Waals surface area contributed by atoms with E-state index in [9.17, 15) is 22.8 Å². The number of hydrogen-bond acceptors (Lipinski definition) is 6. The number of nitrogens with zero attached hydrogens (tertiary/aromatic N) is 2. The normalized spacial score (nSPS) is 18.8. The van der Waals surface area contributed by atoms with Crippen molar-refractivity contribution in [3.05, 3.63) is 61.0 Å². The molecule has 0 saturated carbocycles. The number of thiophene rings is 1. The van der Waals surface area contributed by atoms with Crippen molar-refractivity contribution in [3.8, 4) is 0 Å². The molecule has 1 aromatic carbocycles. The van der Waals surface area contributed by atoms with E-state index in [1.54, 1.807) is 31.2 Å². The summed E-state index contributed by atoms with van der Waals surface area (Å²) in [6.45, 7) is 1.86. The first-order valence-electron chi connectivity index (χ1n) is 12.1. The zero-order valence-electron chi connectivity index (χ0n) is 20.1. The Labute approximate surface area is 233 Å². The summed E-state index contributed by atoms with van der Waals surface area (Å²) >= 11 is 11.1. The largest absolute Gasteiger partial charge is 0.462 e.